The molecule has 3 fully saturated rings. The lowest BCUT2D eigenvalue weighted by Gasteiger charge is -2.36. The number of hydrogen-bond acceptors (Lipinski definition) is 7. The highest BCUT2D eigenvalue weighted by Crippen LogP contribution is 2.49. The standard InChI is InChI=1S/C33H44F2N2O5S/c1-22-5-7-24(8-6-22)31(39)37(26(19-40-2)20-41-3)30-12-11-27(15-25(30)18-38)42-32-29(23-9-10-23)16-28(43-32)17-36-14-4-13-33(34,35)21-36/h11-12,15-16,18,22-24,26H,4-10,13-14,17,19-21H2,1-3H3/t22-,24-. The molecule has 0 atom stereocenters. The lowest BCUT2D eigenvalue weighted by molar-refractivity contribution is -0.124. The van der Waals surface area contributed by atoms with Gasteiger partial charge in [0.1, 0.15) is 5.75 Å². The summed E-state index contributed by atoms with van der Waals surface area (Å²) in [7, 11) is 3.18. The summed E-state index contributed by atoms with van der Waals surface area (Å²) in [6.07, 6.45) is 7.00. The Hall–Kier alpha value is -2.40. The predicted molar refractivity (Wildman–Crippen MR) is 164 cm³/mol. The van der Waals surface area contributed by atoms with Crippen LogP contribution in [0.25, 0.3) is 0 Å². The van der Waals surface area contributed by atoms with Crippen LogP contribution < -0.4 is 9.64 Å². The number of thiophene rings is 1. The van der Waals surface area contributed by atoms with Gasteiger partial charge in [-0.25, -0.2) is 8.78 Å². The van der Waals surface area contributed by atoms with Crippen molar-refractivity contribution >= 4 is 29.2 Å². The number of alkyl halides is 2. The monoisotopic (exact) mass is 618 g/mol. The molecule has 2 heterocycles. The highest BCUT2D eigenvalue weighted by molar-refractivity contribution is 7.14. The summed E-state index contributed by atoms with van der Waals surface area (Å²) in [6.45, 7) is 3.67. The van der Waals surface area contributed by atoms with Crippen LogP contribution in [0.5, 0.6) is 10.8 Å². The van der Waals surface area contributed by atoms with E-state index < -0.39 is 12.0 Å². The van der Waals surface area contributed by atoms with E-state index in [2.05, 4.69) is 13.0 Å². The van der Waals surface area contributed by atoms with Crippen LogP contribution in [0.15, 0.2) is 24.3 Å². The maximum Gasteiger partial charge on any atom is 0.260 e. The number of ether oxygens (including phenoxy) is 3. The molecule has 0 bridgehead atoms. The smallest absolute Gasteiger partial charge is 0.260 e. The number of methoxy groups -OCH3 is 2. The minimum atomic E-state index is -2.64. The topological polar surface area (TPSA) is 68.3 Å². The summed E-state index contributed by atoms with van der Waals surface area (Å²) < 4.78 is 45.3. The van der Waals surface area contributed by atoms with Crippen LogP contribution in [-0.4, -0.2) is 69.6 Å². The van der Waals surface area contributed by atoms with Crippen LogP contribution in [0.4, 0.5) is 14.5 Å². The molecule has 0 spiro atoms. The minimum absolute atomic E-state index is 0.00928. The van der Waals surface area contributed by atoms with E-state index in [1.807, 2.05) is 4.90 Å². The van der Waals surface area contributed by atoms with Crippen LogP contribution >= 0.6 is 11.3 Å². The number of carbonyl (C=O) groups excluding carboxylic acids is 2. The summed E-state index contributed by atoms with van der Waals surface area (Å²) in [5.41, 5.74) is 1.97. The van der Waals surface area contributed by atoms with E-state index in [1.165, 1.54) is 11.3 Å². The van der Waals surface area contributed by atoms with Crippen LogP contribution in [0.2, 0.25) is 0 Å². The first kappa shape index (κ1) is 32.0. The number of aldehydes is 1. The molecule has 43 heavy (non-hydrogen) atoms. The van der Waals surface area contributed by atoms with Gasteiger partial charge in [-0.05, 0) is 87.6 Å². The fourth-order valence-electron chi connectivity index (χ4n) is 6.48. The molecule has 2 saturated carbocycles. The lowest BCUT2D eigenvalue weighted by Crippen LogP contribution is -2.49. The molecule has 5 rings (SSSR count). The van der Waals surface area contributed by atoms with Crippen molar-refractivity contribution in [2.45, 2.75) is 82.7 Å². The highest BCUT2D eigenvalue weighted by Gasteiger charge is 2.37. The summed E-state index contributed by atoms with van der Waals surface area (Å²) >= 11 is 1.49. The maximum atomic E-state index is 14.0. The van der Waals surface area contributed by atoms with Crippen LogP contribution in [0.3, 0.4) is 0 Å². The number of amides is 1. The normalized spacial score (nSPS) is 22.5. The number of hydrogen-bond donors (Lipinski definition) is 0. The van der Waals surface area contributed by atoms with Crippen molar-refractivity contribution in [3.05, 3.63) is 40.3 Å². The molecule has 2 aromatic rings. The second-order valence-electron chi connectivity index (χ2n) is 12.6. The first-order valence-electron chi connectivity index (χ1n) is 15.5. The van der Waals surface area contributed by atoms with Gasteiger partial charge in [0.2, 0.25) is 5.91 Å². The molecule has 3 aliphatic rings. The van der Waals surface area contributed by atoms with E-state index in [0.717, 1.165) is 60.3 Å². The first-order chi connectivity index (χ1) is 20.7. The number of halogens is 2. The Bertz CT molecular complexity index is 1250. The van der Waals surface area contributed by atoms with E-state index >= 15 is 0 Å². The number of carbonyl (C=O) groups is 2. The molecular formula is C33H44F2N2O5S. The van der Waals surface area contributed by atoms with Gasteiger partial charge in [0.25, 0.3) is 5.92 Å². The Morgan fingerprint density at radius 2 is 1.84 bits per heavy atom. The largest absolute Gasteiger partial charge is 0.446 e. The van der Waals surface area contributed by atoms with Crippen molar-refractivity contribution in [2.24, 2.45) is 11.8 Å². The summed E-state index contributed by atoms with van der Waals surface area (Å²) in [5.74, 6) is -1.26. The predicted octanol–water partition coefficient (Wildman–Crippen LogP) is 7.28. The zero-order valence-corrected chi connectivity index (χ0v) is 26.3. The fraction of sp³-hybridized carbons (Fsp3) is 0.636. The third-order valence-electron chi connectivity index (χ3n) is 8.93. The molecule has 1 saturated heterocycles. The number of anilines is 1. The van der Waals surface area contributed by atoms with E-state index in [1.54, 1.807) is 37.3 Å². The third kappa shape index (κ3) is 8.01. The third-order valence-corrected chi connectivity index (χ3v) is 9.94. The number of likely N-dealkylation sites (tertiary alicyclic amines) is 1. The molecule has 10 heteroatoms. The lowest BCUT2D eigenvalue weighted by atomic mass is 9.82. The van der Waals surface area contributed by atoms with Crippen molar-refractivity contribution in [1.82, 2.24) is 4.90 Å². The van der Waals surface area contributed by atoms with Crippen LogP contribution in [-0.2, 0) is 20.8 Å². The summed E-state index contributed by atoms with van der Waals surface area (Å²) in [5, 5.41) is 0.742. The van der Waals surface area contributed by atoms with E-state index in [9.17, 15) is 18.4 Å². The molecule has 0 radical (unpaired) electrons. The van der Waals surface area contributed by atoms with E-state index in [4.69, 9.17) is 14.2 Å². The molecule has 0 unspecified atom stereocenters. The second-order valence-corrected chi connectivity index (χ2v) is 13.7. The Labute approximate surface area is 257 Å². The maximum absolute atomic E-state index is 14.0. The molecule has 2 aliphatic carbocycles. The molecule has 1 amide bonds. The average Bonchev–Trinajstić information content (AvgIpc) is 3.75. The van der Waals surface area contributed by atoms with Crippen molar-refractivity contribution in [2.75, 3.05) is 45.4 Å². The van der Waals surface area contributed by atoms with Crippen molar-refractivity contribution in [1.29, 1.82) is 0 Å². The zero-order valence-electron chi connectivity index (χ0n) is 25.5. The Kier molecular flexibility index (Phi) is 10.5. The average molecular weight is 619 g/mol. The number of rotatable bonds is 13. The van der Waals surface area contributed by atoms with Crippen molar-refractivity contribution in [3.8, 4) is 10.8 Å². The summed E-state index contributed by atoms with van der Waals surface area (Å²) in [4.78, 5) is 31.0. The highest BCUT2D eigenvalue weighted by atomic mass is 32.1. The molecular weight excluding hydrogens is 574 g/mol. The Balaban J connectivity index is 1.40. The SMILES string of the molecule is COCC(COC)N(c1ccc(Oc2sc(CN3CCCC(F)(F)C3)cc2C2CC2)cc1C=O)C(=O)[C@H]1CC[C@H](C)CC1. The van der Waals surface area contributed by atoms with Gasteiger partial charge in [-0.1, -0.05) is 6.92 Å². The summed E-state index contributed by atoms with van der Waals surface area (Å²) in [6, 6.07) is 6.97. The molecule has 0 N–H and O–H groups in total. The zero-order chi connectivity index (χ0) is 30.6. The van der Waals surface area contributed by atoms with Gasteiger partial charge < -0.3 is 19.1 Å². The number of nitrogens with zero attached hydrogens (tertiary/aromatic N) is 2. The molecule has 1 aromatic carbocycles. The van der Waals surface area contributed by atoms with Crippen LogP contribution in [0.1, 0.15) is 85.0 Å². The quantitative estimate of drug-likeness (QED) is 0.220. The molecule has 1 aliphatic heterocycles. The fourth-order valence-corrected chi connectivity index (χ4v) is 7.63. The number of benzene rings is 1. The van der Waals surface area contributed by atoms with Gasteiger partial charge in [0, 0.05) is 49.1 Å². The molecule has 236 valence electrons. The first-order valence-corrected chi connectivity index (χ1v) is 16.3. The minimum Gasteiger partial charge on any atom is -0.446 e. The van der Waals surface area contributed by atoms with Gasteiger partial charge in [0.05, 0.1) is 31.5 Å². The van der Waals surface area contributed by atoms with Crippen molar-refractivity contribution in [3.63, 3.8) is 0 Å². The van der Waals surface area contributed by atoms with Crippen LogP contribution in [0, 0.1) is 11.8 Å². The Morgan fingerprint density at radius 1 is 1.12 bits per heavy atom. The van der Waals surface area contributed by atoms with Gasteiger partial charge in [-0.3, -0.25) is 14.5 Å². The van der Waals surface area contributed by atoms with Gasteiger partial charge in [-0.2, -0.15) is 0 Å². The van der Waals surface area contributed by atoms with Gasteiger partial charge in [-0.15, -0.1) is 11.3 Å². The van der Waals surface area contributed by atoms with Gasteiger partial charge in [0.15, 0.2) is 11.3 Å². The van der Waals surface area contributed by atoms with E-state index in [0.29, 0.717) is 48.3 Å². The van der Waals surface area contributed by atoms with Gasteiger partial charge >= 0.3 is 0 Å². The second kappa shape index (κ2) is 14.1. The van der Waals surface area contributed by atoms with Crippen molar-refractivity contribution < 1.29 is 32.6 Å². The molecule has 7 nitrogen and oxygen atoms in total. The molecule has 1 aromatic heterocycles. The van der Waals surface area contributed by atoms with E-state index in [-0.39, 0.29) is 38.0 Å². The number of piperidine rings is 1. The Morgan fingerprint density at radius 3 is 2.47 bits per heavy atom.